The highest BCUT2D eigenvalue weighted by atomic mass is 16.2. The van der Waals surface area contributed by atoms with E-state index in [0.29, 0.717) is 30.8 Å². The Balaban J connectivity index is 1.64. The maximum absolute atomic E-state index is 12.7. The van der Waals surface area contributed by atoms with Gasteiger partial charge in [-0.1, -0.05) is 31.2 Å². The molecule has 31 heavy (non-hydrogen) atoms. The number of rotatable bonds is 7. The minimum absolute atomic E-state index is 0.0122. The summed E-state index contributed by atoms with van der Waals surface area (Å²) in [7, 11) is 0. The number of carbonyl (C=O) groups is 3. The molecule has 1 heterocycles. The highest BCUT2D eigenvalue weighted by Crippen LogP contribution is 2.25. The van der Waals surface area contributed by atoms with Crippen molar-refractivity contribution in [3.05, 3.63) is 59.2 Å². The molecule has 0 radical (unpaired) electrons. The third kappa shape index (κ3) is 5.78. The monoisotopic (exact) mass is 420 g/mol. The molecule has 3 amide bonds. The van der Waals surface area contributed by atoms with Crippen molar-refractivity contribution >= 4 is 34.8 Å². The first-order valence-electron chi connectivity index (χ1n) is 10.5. The Labute approximate surface area is 182 Å². The predicted octanol–water partition coefficient (Wildman–Crippen LogP) is 3.84. The van der Waals surface area contributed by atoms with Gasteiger partial charge >= 0.3 is 0 Å². The molecule has 0 bridgehead atoms. The van der Waals surface area contributed by atoms with Gasteiger partial charge in [-0.2, -0.15) is 5.10 Å². The summed E-state index contributed by atoms with van der Waals surface area (Å²) in [5, 5.41) is 11.4. The first-order chi connectivity index (χ1) is 14.9. The number of hydrogen-bond acceptors (Lipinski definition) is 4. The lowest BCUT2D eigenvalue weighted by molar-refractivity contribution is -0.119. The topological polar surface area (TPSA) is 90.9 Å². The van der Waals surface area contributed by atoms with Crippen LogP contribution in [0.4, 0.5) is 11.4 Å². The zero-order chi connectivity index (χ0) is 22.4. The fraction of sp³-hybridized carbons (Fsp3) is 0.333. The van der Waals surface area contributed by atoms with Crippen LogP contribution in [0.1, 0.15) is 49.3 Å². The molecule has 0 saturated heterocycles. The van der Waals surface area contributed by atoms with E-state index in [-0.39, 0.29) is 24.1 Å². The Hall–Kier alpha value is -3.48. The van der Waals surface area contributed by atoms with Crippen LogP contribution in [0.2, 0.25) is 0 Å². The molecule has 2 aromatic rings. The van der Waals surface area contributed by atoms with E-state index < -0.39 is 0 Å². The second-order valence-electron chi connectivity index (χ2n) is 7.72. The number of hydrazone groups is 1. The molecule has 0 spiro atoms. The first kappa shape index (κ1) is 22.2. The van der Waals surface area contributed by atoms with E-state index in [1.165, 1.54) is 5.01 Å². The molecule has 7 nitrogen and oxygen atoms in total. The van der Waals surface area contributed by atoms with E-state index >= 15 is 0 Å². The summed E-state index contributed by atoms with van der Waals surface area (Å²) in [6.45, 7) is 6.16. The number of anilines is 2. The molecule has 0 atom stereocenters. The van der Waals surface area contributed by atoms with Crippen molar-refractivity contribution in [1.82, 2.24) is 5.32 Å². The van der Waals surface area contributed by atoms with Gasteiger partial charge in [0.05, 0.1) is 5.69 Å². The number of aryl methyl sites for hydroxylation is 2. The molecule has 0 unspecified atom stereocenters. The summed E-state index contributed by atoms with van der Waals surface area (Å²) in [4.78, 5) is 36.7. The standard InChI is InChI=1S/C24H28N4O3/c1-4-5-22(29)26-19-10-8-18(9-11-19)15-25-24(31)20-12-13-23(30)28(27-20)21-14-16(2)6-7-17(21)3/h6-11,14H,4-5,12-13,15H2,1-3H3,(H,25,31)(H,26,29). The van der Waals surface area contributed by atoms with Gasteiger partial charge < -0.3 is 10.6 Å². The first-order valence-corrected chi connectivity index (χ1v) is 10.5. The molecule has 3 rings (SSSR count). The fourth-order valence-corrected chi connectivity index (χ4v) is 3.29. The largest absolute Gasteiger partial charge is 0.347 e. The Morgan fingerprint density at radius 2 is 1.81 bits per heavy atom. The average molecular weight is 421 g/mol. The predicted molar refractivity (Wildman–Crippen MR) is 122 cm³/mol. The zero-order valence-corrected chi connectivity index (χ0v) is 18.2. The molecule has 1 aliphatic rings. The molecule has 0 fully saturated rings. The summed E-state index contributed by atoms with van der Waals surface area (Å²) < 4.78 is 0. The van der Waals surface area contributed by atoms with Gasteiger partial charge in [-0.3, -0.25) is 14.4 Å². The third-order valence-corrected chi connectivity index (χ3v) is 5.06. The molecule has 0 saturated carbocycles. The van der Waals surface area contributed by atoms with Crippen LogP contribution in [-0.2, 0) is 20.9 Å². The minimum atomic E-state index is -0.289. The quantitative estimate of drug-likeness (QED) is 0.713. The summed E-state index contributed by atoms with van der Waals surface area (Å²) >= 11 is 0. The Bertz CT molecular complexity index is 1010. The van der Waals surface area contributed by atoms with Crippen LogP contribution in [0.3, 0.4) is 0 Å². The molecule has 1 aliphatic heterocycles. The molecule has 7 heteroatoms. The van der Waals surface area contributed by atoms with Crippen molar-refractivity contribution in [1.29, 1.82) is 0 Å². The van der Waals surface area contributed by atoms with Gasteiger partial charge in [0.1, 0.15) is 5.71 Å². The van der Waals surface area contributed by atoms with Gasteiger partial charge in [-0.05, 0) is 55.2 Å². The maximum atomic E-state index is 12.7. The van der Waals surface area contributed by atoms with Crippen LogP contribution in [0.5, 0.6) is 0 Å². The van der Waals surface area contributed by atoms with Gasteiger partial charge in [0.15, 0.2) is 0 Å². The summed E-state index contributed by atoms with van der Waals surface area (Å²) in [5.74, 6) is -0.420. The van der Waals surface area contributed by atoms with Crippen molar-refractivity contribution in [2.75, 3.05) is 10.3 Å². The highest BCUT2D eigenvalue weighted by molar-refractivity contribution is 6.40. The van der Waals surface area contributed by atoms with Crippen molar-refractivity contribution in [2.24, 2.45) is 5.10 Å². The average Bonchev–Trinajstić information content (AvgIpc) is 2.75. The number of hydrogen-bond donors (Lipinski definition) is 2. The van der Waals surface area contributed by atoms with Gasteiger partial charge in [0, 0.05) is 31.5 Å². The van der Waals surface area contributed by atoms with Crippen LogP contribution >= 0.6 is 0 Å². The molecule has 2 aromatic carbocycles. The SMILES string of the molecule is CCCC(=O)Nc1ccc(CNC(=O)C2=NN(c3cc(C)ccc3C)C(=O)CC2)cc1. The molecule has 2 N–H and O–H groups in total. The van der Waals surface area contributed by atoms with E-state index in [4.69, 9.17) is 0 Å². The lowest BCUT2D eigenvalue weighted by Crippen LogP contribution is -2.39. The number of carbonyl (C=O) groups excluding carboxylic acids is 3. The minimum Gasteiger partial charge on any atom is -0.347 e. The van der Waals surface area contributed by atoms with E-state index in [0.717, 1.165) is 28.8 Å². The fourth-order valence-electron chi connectivity index (χ4n) is 3.29. The van der Waals surface area contributed by atoms with Crippen molar-refractivity contribution in [3.63, 3.8) is 0 Å². The second-order valence-corrected chi connectivity index (χ2v) is 7.72. The van der Waals surface area contributed by atoms with Gasteiger partial charge in [0.2, 0.25) is 11.8 Å². The van der Waals surface area contributed by atoms with E-state index in [2.05, 4.69) is 15.7 Å². The lowest BCUT2D eigenvalue weighted by atomic mass is 10.1. The molecular weight excluding hydrogens is 392 g/mol. The molecular formula is C24H28N4O3. The Kier molecular flexibility index (Phi) is 7.18. The van der Waals surface area contributed by atoms with Crippen molar-refractivity contribution in [2.45, 2.75) is 53.0 Å². The van der Waals surface area contributed by atoms with Crippen molar-refractivity contribution in [3.8, 4) is 0 Å². The van der Waals surface area contributed by atoms with Crippen molar-refractivity contribution < 1.29 is 14.4 Å². The summed E-state index contributed by atoms with van der Waals surface area (Å²) in [6, 6.07) is 13.2. The normalized spacial score (nSPS) is 13.6. The van der Waals surface area contributed by atoms with Crippen LogP contribution in [0.15, 0.2) is 47.6 Å². The number of nitrogens with one attached hydrogen (secondary N) is 2. The Morgan fingerprint density at radius 1 is 1.06 bits per heavy atom. The van der Waals surface area contributed by atoms with Crippen LogP contribution in [0.25, 0.3) is 0 Å². The zero-order valence-electron chi connectivity index (χ0n) is 18.2. The molecule has 162 valence electrons. The second kappa shape index (κ2) is 10.0. The van der Waals surface area contributed by atoms with Gasteiger partial charge in [0.25, 0.3) is 5.91 Å². The van der Waals surface area contributed by atoms with E-state index in [1.54, 1.807) is 0 Å². The van der Waals surface area contributed by atoms with Gasteiger partial charge in [-0.25, -0.2) is 5.01 Å². The molecule has 0 aliphatic carbocycles. The van der Waals surface area contributed by atoms with Crippen LogP contribution in [-0.4, -0.2) is 23.4 Å². The highest BCUT2D eigenvalue weighted by Gasteiger charge is 2.26. The lowest BCUT2D eigenvalue weighted by Gasteiger charge is -2.24. The van der Waals surface area contributed by atoms with Crippen LogP contribution < -0.4 is 15.6 Å². The van der Waals surface area contributed by atoms with Crippen LogP contribution in [0, 0.1) is 13.8 Å². The number of amides is 3. The summed E-state index contributed by atoms with van der Waals surface area (Å²) in [5.41, 5.74) is 4.62. The summed E-state index contributed by atoms with van der Waals surface area (Å²) in [6.07, 6.45) is 1.84. The van der Waals surface area contributed by atoms with Gasteiger partial charge in [-0.15, -0.1) is 0 Å². The van der Waals surface area contributed by atoms with E-state index in [9.17, 15) is 14.4 Å². The molecule has 0 aromatic heterocycles. The number of benzene rings is 2. The smallest absolute Gasteiger partial charge is 0.267 e. The Morgan fingerprint density at radius 3 is 2.52 bits per heavy atom. The van der Waals surface area contributed by atoms with E-state index in [1.807, 2.05) is 63.2 Å². The maximum Gasteiger partial charge on any atom is 0.267 e. The third-order valence-electron chi connectivity index (χ3n) is 5.06. The number of nitrogens with zero attached hydrogens (tertiary/aromatic N) is 2.